The number of aryl methyl sites for hydroxylation is 1. The molecule has 152 valence electrons. The molecule has 0 radical (unpaired) electrons. The Bertz CT molecular complexity index is 940. The number of rotatable bonds is 6. The van der Waals surface area contributed by atoms with Gasteiger partial charge in [-0.2, -0.15) is 0 Å². The van der Waals surface area contributed by atoms with Crippen LogP contribution < -0.4 is 10.1 Å². The summed E-state index contributed by atoms with van der Waals surface area (Å²) < 4.78 is 24.8. The number of halogens is 1. The number of amides is 2. The van der Waals surface area contributed by atoms with Crippen molar-refractivity contribution in [3.8, 4) is 5.75 Å². The number of urea groups is 1. The number of carbonyl (C=O) groups excluding carboxylic acids is 2. The first-order valence-corrected chi connectivity index (χ1v) is 9.30. The third-order valence-electron chi connectivity index (χ3n) is 4.68. The SMILES string of the molecule is CCOC(=O)C1=C(COc2ccccc2F)N(C)C(=O)NC1c1ccc(C)cc1. The fraction of sp³-hybridized carbons (Fsp3) is 0.273. The summed E-state index contributed by atoms with van der Waals surface area (Å²) in [5, 5.41) is 2.83. The van der Waals surface area contributed by atoms with Crippen molar-refractivity contribution in [2.75, 3.05) is 20.3 Å². The number of benzene rings is 2. The molecule has 1 aliphatic heterocycles. The lowest BCUT2D eigenvalue weighted by Gasteiger charge is -2.34. The third-order valence-corrected chi connectivity index (χ3v) is 4.68. The molecule has 7 heteroatoms. The number of carbonyl (C=O) groups is 2. The minimum atomic E-state index is -0.697. The van der Waals surface area contributed by atoms with E-state index >= 15 is 0 Å². The predicted molar refractivity (Wildman–Crippen MR) is 106 cm³/mol. The molecule has 2 amide bonds. The van der Waals surface area contributed by atoms with Gasteiger partial charge in [0.25, 0.3) is 0 Å². The van der Waals surface area contributed by atoms with Gasteiger partial charge in [-0.1, -0.05) is 42.0 Å². The fourth-order valence-corrected chi connectivity index (χ4v) is 3.10. The highest BCUT2D eigenvalue weighted by atomic mass is 19.1. The summed E-state index contributed by atoms with van der Waals surface area (Å²) in [6.07, 6.45) is 0. The van der Waals surface area contributed by atoms with Crippen LogP contribution in [0.25, 0.3) is 0 Å². The van der Waals surface area contributed by atoms with Crippen LogP contribution in [0.4, 0.5) is 9.18 Å². The van der Waals surface area contributed by atoms with Gasteiger partial charge in [-0.3, -0.25) is 4.90 Å². The van der Waals surface area contributed by atoms with Gasteiger partial charge in [-0.25, -0.2) is 14.0 Å². The Morgan fingerprint density at radius 1 is 1.17 bits per heavy atom. The van der Waals surface area contributed by atoms with Crippen molar-refractivity contribution in [2.45, 2.75) is 19.9 Å². The number of likely N-dealkylation sites (N-methyl/N-ethyl adjacent to an activating group) is 1. The van der Waals surface area contributed by atoms with Crippen LogP contribution in [0, 0.1) is 12.7 Å². The third kappa shape index (κ3) is 4.39. The Morgan fingerprint density at radius 3 is 2.52 bits per heavy atom. The lowest BCUT2D eigenvalue weighted by molar-refractivity contribution is -0.139. The number of nitrogens with one attached hydrogen (secondary N) is 1. The topological polar surface area (TPSA) is 67.9 Å². The molecule has 1 heterocycles. The zero-order chi connectivity index (χ0) is 21.0. The number of hydrogen-bond acceptors (Lipinski definition) is 4. The van der Waals surface area contributed by atoms with E-state index in [-0.39, 0.29) is 24.5 Å². The van der Waals surface area contributed by atoms with Gasteiger partial charge in [0.1, 0.15) is 6.61 Å². The molecule has 0 saturated carbocycles. The molecule has 1 N–H and O–H groups in total. The van der Waals surface area contributed by atoms with Crippen LogP contribution in [0.1, 0.15) is 24.1 Å². The van der Waals surface area contributed by atoms with Crippen molar-refractivity contribution in [1.82, 2.24) is 10.2 Å². The lowest BCUT2D eigenvalue weighted by atomic mass is 9.94. The zero-order valence-electron chi connectivity index (χ0n) is 16.6. The van der Waals surface area contributed by atoms with E-state index in [4.69, 9.17) is 9.47 Å². The maximum atomic E-state index is 13.9. The van der Waals surface area contributed by atoms with Crippen molar-refractivity contribution in [3.05, 3.63) is 76.7 Å². The molecule has 29 heavy (non-hydrogen) atoms. The minimum absolute atomic E-state index is 0.0366. The summed E-state index contributed by atoms with van der Waals surface area (Å²) in [5.74, 6) is -1.05. The summed E-state index contributed by atoms with van der Waals surface area (Å²) >= 11 is 0. The van der Waals surface area contributed by atoms with Crippen molar-refractivity contribution in [1.29, 1.82) is 0 Å². The second-order valence-corrected chi connectivity index (χ2v) is 6.65. The smallest absolute Gasteiger partial charge is 0.338 e. The molecule has 1 aliphatic rings. The van der Waals surface area contributed by atoms with Gasteiger partial charge in [-0.15, -0.1) is 0 Å². The molecule has 0 fully saturated rings. The van der Waals surface area contributed by atoms with Crippen LogP contribution in [-0.2, 0) is 9.53 Å². The summed E-state index contributed by atoms with van der Waals surface area (Å²) in [5.41, 5.74) is 2.37. The van der Waals surface area contributed by atoms with E-state index in [0.29, 0.717) is 5.70 Å². The van der Waals surface area contributed by atoms with Gasteiger partial charge in [0, 0.05) is 7.05 Å². The molecule has 0 aliphatic carbocycles. The minimum Gasteiger partial charge on any atom is -0.484 e. The molecule has 1 unspecified atom stereocenters. The standard InChI is InChI=1S/C22H23FN2O4/c1-4-28-21(26)19-17(13-29-18-8-6-5-7-16(18)23)25(3)22(27)24-20(19)15-11-9-14(2)10-12-15/h5-12,20H,4,13H2,1-3H3,(H,24,27). The van der Waals surface area contributed by atoms with Gasteiger partial charge < -0.3 is 14.8 Å². The molecule has 0 bridgehead atoms. The monoisotopic (exact) mass is 398 g/mol. The van der Waals surface area contributed by atoms with Gasteiger partial charge in [-0.05, 0) is 31.5 Å². The van der Waals surface area contributed by atoms with Crippen LogP contribution in [0.15, 0.2) is 59.8 Å². The molecule has 2 aromatic carbocycles. The fourth-order valence-electron chi connectivity index (χ4n) is 3.10. The first kappa shape index (κ1) is 20.4. The quantitative estimate of drug-likeness (QED) is 0.753. The number of esters is 1. The van der Waals surface area contributed by atoms with Crippen molar-refractivity contribution >= 4 is 12.0 Å². The number of ether oxygens (including phenoxy) is 2. The number of nitrogens with zero attached hydrogens (tertiary/aromatic N) is 1. The molecule has 0 saturated heterocycles. The molecule has 6 nitrogen and oxygen atoms in total. The summed E-state index contributed by atoms with van der Waals surface area (Å²) in [4.78, 5) is 26.6. The van der Waals surface area contributed by atoms with E-state index in [2.05, 4.69) is 5.32 Å². The second kappa shape index (κ2) is 8.77. The van der Waals surface area contributed by atoms with Gasteiger partial charge in [0.15, 0.2) is 11.6 Å². The predicted octanol–water partition coefficient (Wildman–Crippen LogP) is 3.73. The number of para-hydroxylation sites is 1. The van der Waals surface area contributed by atoms with Crippen molar-refractivity contribution in [3.63, 3.8) is 0 Å². The maximum absolute atomic E-state index is 13.9. The summed E-state index contributed by atoms with van der Waals surface area (Å²) in [6.45, 7) is 3.68. The van der Waals surface area contributed by atoms with Crippen LogP contribution in [0.2, 0.25) is 0 Å². The number of hydrogen-bond donors (Lipinski definition) is 1. The highest BCUT2D eigenvalue weighted by molar-refractivity contribution is 5.95. The van der Waals surface area contributed by atoms with E-state index in [1.54, 1.807) is 19.1 Å². The maximum Gasteiger partial charge on any atom is 0.338 e. The van der Waals surface area contributed by atoms with Crippen molar-refractivity contribution in [2.24, 2.45) is 0 Å². The van der Waals surface area contributed by atoms with E-state index < -0.39 is 23.9 Å². The Kier molecular flexibility index (Phi) is 6.16. The molecule has 0 spiro atoms. The van der Waals surface area contributed by atoms with Crippen LogP contribution in [-0.4, -0.2) is 37.2 Å². The van der Waals surface area contributed by atoms with Gasteiger partial charge >= 0.3 is 12.0 Å². The summed E-state index contributed by atoms with van der Waals surface area (Å²) in [6, 6.07) is 12.4. The average Bonchev–Trinajstić information content (AvgIpc) is 2.70. The van der Waals surface area contributed by atoms with Crippen LogP contribution in [0.3, 0.4) is 0 Å². The molecular formula is C22H23FN2O4. The molecular weight excluding hydrogens is 375 g/mol. The Balaban J connectivity index is 2.04. The Labute approximate surface area is 168 Å². The second-order valence-electron chi connectivity index (χ2n) is 6.65. The highest BCUT2D eigenvalue weighted by Gasteiger charge is 2.37. The Morgan fingerprint density at radius 2 is 1.86 bits per heavy atom. The van der Waals surface area contributed by atoms with E-state index in [0.717, 1.165) is 11.1 Å². The van der Waals surface area contributed by atoms with E-state index in [1.807, 2.05) is 31.2 Å². The van der Waals surface area contributed by atoms with Crippen LogP contribution in [0.5, 0.6) is 5.75 Å². The summed E-state index contributed by atoms with van der Waals surface area (Å²) in [7, 11) is 1.53. The van der Waals surface area contributed by atoms with Gasteiger partial charge in [0.05, 0.1) is 23.9 Å². The first-order chi connectivity index (χ1) is 13.9. The molecule has 2 aromatic rings. The molecule has 1 atom stereocenters. The highest BCUT2D eigenvalue weighted by Crippen LogP contribution is 2.31. The molecule has 3 rings (SSSR count). The molecule has 0 aromatic heterocycles. The van der Waals surface area contributed by atoms with E-state index in [9.17, 15) is 14.0 Å². The Hall–Kier alpha value is -3.35. The van der Waals surface area contributed by atoms with Crippen LogP contribution >= 0.6 is 0 Å². The average molecular weight is 398 g/mol. The van der Waals surface area contributed by atoms with Gasteiger partial charge in [0.2, 0.25) is 0 Å². The normalized spacial score (nSPS) is 16.5. The van der Waals surface area contributed by atoms with Crippen molar-refractivity contribution < 1.29 is 23.5 Å². The van der Waals surface area contributed by atoms with E-state index in [1.165, 1.54) is 24.1 Å². The lowest BCUT2D eigenvalue weighted by Crippen LogP contribution is -2.48. The zero-order valence-corrected chi connectivity index (χ0v) is 16.6. The first-order valence-electron chi connectivity index (χ1n) is 9.30. The largest absolute Gasteiger partial charge is 0.484 e.